The first kappa shape index (κ1) is 22.6. The molecule has 0 bridgehead atoms. The van der Waals surface area contributed by atoms with Gasteiger partial charge >= 0.3 is 0 Å². The first-order valence-corrected chi connectivity index (χ1v) is 11.4. The van der Waals surface area contributed by atoms with Crippen LogP contribution in [0.3, 0.4) is 0 Å². The third-order valence-corrected chi connectivity index (χ3v) is 6.00. The normalized spacial score (nSPS) is 13.8. The van der Waals surface area contributed by atoms with Crippen LogP contribution in [0.1, 0.15) is 21.5 Å². The molecule has 1 aromatic heterocycles. The summed E-state index contributed by atoms with van der Waals surface area (Å²) in [6, 6.07) is 17.9. The van der Waals surface area contributed by atoms with E-state index in [9.17, 15) is 9.59 Å². The molecule has 2 amide bonds. The second-order valence-corrected chi connectivity index (χ2v) is 8.46. The summed E-state index contributed by atoms with van der Waals surface area (Å²) in [6.45, 7) is 0.448. The molecule has 0 aliphatic carbocycles. The van der Waals surface area contributed by atoms with Crippen molar-refractivity contribution in [3.05, 3.63) is 94.3 Å². The number of hydrogen-bond acceptors (Lipinski definition) is 4. The molecular formula is C27H22ClN3O4. The molecule has 3 N–H and O–H groups in total. The predicted octanol–water partition coefficient (Wildman–Crippen LogP) is 5.17. The number of aromatic amines is 1. The first-order chi connectivity index (χ1) is 17.0. The number of H-pyrrole nitrogens is 1. The van der Waals surface area contributed by atoms with Crippen molar-refractivity contribution in [2.75, 3.05) is 19.0 Å². The first-order valence-electron chi connectivity index (χ1n) is 11.0. The van der Waals surface area contributed by atoms with Gasteiger partial charge in [-0.3, -0.25) is 9.59 Å². The van der Waals surface area contributed by atoms with Crippen LogP contribution in [-0.2, 0) is 11.2 Å². The van der Waals surface area contributed by atoms with Gasteiger partial charge < -0.3 is 25.1 Å². The van der Waals surface area contributed by atoms with Gasteiger partial charge in [0.15, 0.2) is 11.5 Å². The van der Waals surface area contributed by atoms with Crippen molar-refractivity contribution in [3.8, 4) is 11.5 Å². The standard InChI is InChI=1S/C27H22ClN3O4/c1-34-23-5-3-2-4-16(23)13-25-27(33)31-22-12-17(6-9-24(22)35-25)26(32)29-11-10-18-15-30-21-8-7-19(28)14-20(18)21/h2-9,12-15,30H,10-11H2,1H3,(H,29,32)(H,31,33)/b25-13+. The average Bonchev–Trinajstić information content (AvgIpc) is 3.26. The van der Waals surface area contributed by atoms with Gasteiger partial charge in [-0.1, -0.05) is 29.8 Å². The molecule has 0 saturated heterocycles. The van der Waals surface area contributed by atoms with Crippen LogP contribution in [0.4, 0.5) is 5.69 Å². The molecule has 176 valence electrons. The van der Waals surface area contributed by atoms with Crippen LogP contribution >= 0.6 is 11.6 Å². The Morgan fingerprint density at radius 2 is 2.00 bits per heavy atom. The van der Waals surface area contributed by atoms with Crippen LogP contribution in [0.25, 0.3) is 17.0 Å². The number of amides is 2. The highest BCUT2D eigenvalue weighted by atomic mass is 35.5. The van der Waals surface area contributed by atoms with Gasteiger partial charge in [0, 0.05) is 39.8 Å². The summed E-state index contributed by atoms with van der Waals surface area (Å²) in [5.74, 6) is 0.579. The van der Waals surface area contributed by atoms with Crippen LogP contribution in [0.15, 0.2) is 72.6 Å². The number of rotatable bonds is 6. The van der Waals surface area contributed by atoms with Gasteiger partial charge in [0.25, 0.3) is 11.8 Å². The topological polar surface area (TPSA) is 92.4 Å². The fourth-order valence-corrected chi connectivity index (χ4v) is 4.17. The third-order valence-electron chi connectivity index (χ3n) is 5.77. The number of aromatic nitrogens is 1. The van der Waals surface area contributed by atoms with Crippen molar-refractivity contribution < 1.29 is 19.1 Å². The summed E-state index contributed by atoms with van der Waals surface area (Å²) in [7, 11) is 1.57. The lowest BCUT2D eigenvalue weighted by Gasteiger charge is -2.20. The van der Waals surface area contributed by atoms with Crippen LogP contribution in [0, 0.1) is 0 Å². The smallest absolute Gasteiger partial charge is 0.291 e. The number of ether oxygens (including phenoxy) is 2. The van der Waals surface area contributed by atoms with Crippen molar-refractivity contribution in [2.45, 2.75) is 6.42 Å². The van der Waals surface area contributed by atoms with Crippen LogP contribution in [0.5, 0.6) is 11.5 Å². The lowest BCUT2D eigenvalue weighted by molar-refractivity contribution is -0.115. The molecular weight excluding hydrogens is 466 g/mol. The van der Waals surface area contributed by atoms with Crippen molar-refractivity contribution in [1.29, 1.82) is 0 Å². The van der Waals surface area contributed by atoms with Crippen LogP contribution < -0.4 is 20.1 Å². The molecule has 1 aliphatic heterocycles. The Bertz CT molecular complexity index is 1470. The molecule has 0 saturated carbocycles. The Balaban J connectivity index is 1.26. The third kappa shape index (κ3) is 4.72. The van der Waals surface area contributed by atoms with Crippen molar-refractivity contribution in [3.63, 3.8) is 0 Å². The second kappa shape index (κ2) is 9.56. The zero-order valence-electron chi connectivity index (χ0n) is 18.9. The number of hydrogen-bond donors (Lipinski definition) is 3. The number of halogens is 1. The van der Waals surface area contributed by atoms with Crippen LogP contribution in [0.2, 0.25) is 5.02 Å². The summed E-state index contributed by atoms with van der Waals surface area (Å²) in [4.78, 5) is 28.5. The molecule has 5 rings (SSSR count). The zero-order valence-corrected chi connectivity index (χ0v) is 19.6. The summed E-state index contributed by atoms with van der Waals surface area (Å²) in [5.41, 5.74) is 3.65. The zero-order chi connectivity index (χ0) is 24.4. The maximum absolute atomic E-state index is 12.7. The highest BCUT2D eigenvalue weighted by Crippen LogP contribution is 2.33. The summed E-state index contributed by atoms with van der Waals surface area (Å²) < 4.78 is 11.1. The molecule has 0 fully saturated rings. The number of methoxy groups -OCH3 is 1. The van der Waals surface area contributed by atoms with E-state index in [-0.39, 0.29) is 11.7 Å². The van der Waals surface area contributed by atoms with Gasteiger partial charge in [0.2, 0.25) is 0 Å². The molecule has 4 aromatic rings. The SMILES string of the molecule is COc1ccccc1/C=C1/Oc2ccc(C(=O)NCCc3c[nH]c4ccc(Cl)cc34)cc2NC1=O. The monoisotopic (exact) mass is 487 g/mol. The number of carbonyl (C=O) groups is 2. The predicted molar refractivity (Wildman–Crippen MR) is 136 cm³/mol. The number of carbonyl (C=O) groups excluding carboxylic acids is 2. The molecule has 0 atom stereocenters. The van der Waals surface area contributed by atoms with Gasteiger partial charge in [0.1, 0.15) is 5.75 Å². The minimum Gasteiger partial charge on any atom is -0.496 e. The molecule has 3 aromatic carbocycles. The van der Waals surface area contributed by atoms with Crippen molar-refractivity contribution >= 4 is 46.1 Å². The van der Waals surface area contributed by atoms with Crippen LogP contribution in [-0.4, -0.2) is 30.5 Å². The van der Waals surface area contributed by atoms with Crippen molar-refractivity contribution in [2.24, 2.45) is 0 Å². The average molecular weight is 488 g/mol. The van der Waals surface area contributed by atoms with Gasteiger partial charge in [-0.05, 0) is 60.5 Å². The van der Waals surface area contributed by atoms with E-state index in [1.54, 1.807) is 37.5 Å². The Hall–Kier alpha value is -4.23. The van der Waals surface area contributed by atoms with E-state index < -0.39 is 5.91 Å². The van der Waals surface area contributed by atoms with E-state index in [1.165, 1.54) is 0 Å². The number of nitrogens with one attached hydrogen (secondary N) is 3. The molecule has 1 aliphatic rings. The van der Waals surface area contributed by atoms with Crippen molar-refractivity contribution in [1.82, 2.24) is 10.3 Å². The quantitative estimate of drug-likeness (QED) is 0.327. The minimum atomic E-state index is -0.404. The summed E-state index contributed by atoms with van der Waals surface area (Å²) in [6.07, 6.45) is 4.19. The molecule has 35 heavy (non-hydrogen) atoms. The van der Waals surface area contributed by atoms with Gasteiger partial charge in [-0.25, -0.2) is 0 Å². The van der Waals surface area contributed by atoms with E-state index in [1.807, 2.05) is 42.6 Å². The van der Waals surface area contributed by atoms with Gasteiger partial charge in [-0.15, -0.1) is 0 Å². The minimum absolute atomic E-state index is 0.137. The number of fused-ring (bicyclic) bond motifs is 2. The second-order valence-electron chi connectivity index (χ2n) is 8.03. The van der Waals surface area contributed by atoms with E-state index >= 15 is 0 Å². The Labute approximate surface area is 206 Å². The molecule has 0 spiro atoms. The molecule has 2 heterocycles. The van der Waals surface area contributed by atoms with Gasteiger partial charge in [0.05, 0.1) is 12.8 Å². The number of anilines is 1. The van der Waals surface area contributed by atoms with Gasteiger partial charge in [-0.2, -0.15) is 0 Å². The number of para-hydroxylation sites is 1. The van der Waals surface area contributed by atoms with E-state index in [0.717, 1.165) is 22.0 Å². The molecule has 7 nitrogen and oxygen atoms in total. The Morgan fingerprint density at radius 3 is 2.86 bits per heavy atom. The fraction of sp³-hybridized carbons (Fsp3) is 0.111. The summed E-state index contributed by atoms with van der Waals surface area (Å²) in [5, 5.41) is 7.43. The summed E-state index contributed by atoms with van der Waals surface area (Å²) >= 11 is 6.11. The Kier molecular flexibility index (Phi) is 6.16. The maximum Gasteiger partial charge on any atom is 0.291 e. The molecule has 8 heteroatoms. The highest BCUT2D eigenvalue weighted by Gasteiger charge is 2.23. The Morgan fingerprint density at radius 1 is 1.14 bits per heavy atom. The molecule has 0 radical (unpaired) electrons. The lowest BCUT2D eigenvalue weighted by Crippen LogP contribution is -2.27. The lowest BCUT2D eigenvalue weighted by atomic mass is 10.1. The van der Waals surface area contributed by atoms with E-state index in [4.69, 9.17) is 21.1 Å². The number of benzene rings is 3. The fourth-order valence-electron chi connectivity index (χ4n) is 4.00. The maximum atomic E-state index is 12.7. The highest BCUT2D eigenvalue weighted by molar-refractivity contribution is 6.31. The van der Waals surface area contributed by atoms with E-state index in [0.29, 0.717) is 40.7 Å². The van der Waals surface area contributed by atoms with E-state index in [2.05, 4.69) is 15.6 Å². The molecule has 0 unspecified atom stereocenters. The largest absolute Gasteiger partial charge is 0.496 e.